The first-order valence-corrected chi connectivity index (χ1v) is 9.14. The monoisotopic (exact) mass is 344 g/mol. The van der Waals surface area contributed by atoms with Crippen LogP contribution in [0.2, 0.25) is 0 Å². The van der Waals surface area contributed by atoms with Crippen LogP contribution < -0.4 is 0 Å². The first-order chi connectivity index (χ1) is 12.8. The van der Waals surface area contributed by atoms with Gasteiger partial charge in [-0.3, -0.25) is 4.79 Å². The molecule has 0 N–H and O–H groups in total. The van der Waals surface area contributed by atoms with Gasteiger partial charge in [0.25, 0.3) is 5.91 Å². The van der Waals surface area contributed by atoms with Crippen LogP contribution in [0.15, 0.2) is 60.8 Å². The van der Waals surface area contributed by atoms with E-state index in [1.54, 1.807) is 0 Å². The fraction of sp³-hybridized carbons (Fsp3) is 0.286. The van der Waals surface area contributed by atoms with Crippen LogP contribution in [0, 0.1) is 0 Å². The highest BCUT2D eigenvalue weighted by atomic mass is 16.2. The summed E-state index contributed by atoms with van der Waals surface area (Å²) in [7, 11) is 0. The standard InChI is InChI=1S/C21H20N4O/c26-21(18-10-6-16(7-11-18)15-4-2-1-3-5-15)24-12-19(13-24)25-14-20(22-23-25)17-8-9-17/h1-7,10-11,14,17,19H,8-9,12-13H2. The number of hydrogen-bond acceptors (Lipinski definition) is 3. The van der Waals surface area contributed by atoms with E-state index in [0.29, 0.717) is 19.0 Å². The SMILES string of the molecule is O=C(c1ccc(-c2ccccc2)cc1)N1CC(n2cc(C3CC3)nn2)C1. The summed E-state index contributed by atoms with van der Waals surface area (Å²) in [5.74, 6) is 0.702. The van der Waals surface area contributed by atoms with Crippen LogP contribution in [0.3, 0.4) is 0 Å². The van der Waals surface area contributed by atoms with Gasteiger partial charge in [-0.25, -0.2) is 4.68 Å². The van der Waals surface area contributed by atoms with Gasteiger partial charge in [-0.05, 0) is 36.1 Å². The van der Waals surface area contributed by atoms with Gasteiger partial charge in [0.2, 0.25) is 0 Å². The van der Waals surface area contributed by atoms with E-state index in [4.69, 9.17) is 0 Å². The largest absolute Gasteiger partial charge is 0.334 e. The number of benzene rings is 2. The minimum atomic E-state index is 0.0865. The average molecular weight is 344 g/mol. The van der Waals surface area contributed by atoms with Crippen LogP contribution in [-0.4, -0.2) is 38.9 Å². The molecule has 5 rings (SSSR count). The minimum Gasteiger partial charge on any atom is -0.334 e. The number of hydrogen-bond donors (Lipinski definition) is 0. The molecule has 1 aromatic heterocycles. The van der Waals surface area contributed by atoms with Crippen molar-refractivity contribution >= 4 is 5.91 Å². The van der Waals surface area contributed by atoms with Crippen molar-refractivity contribution in [3.05, 3.63) is 72.1 Å². The Bertz CT molecular complexity index is 922. The molecule has 26 heavy (non-hydrogen) atoms. The van der Waals surface area contributed by atoms with Crippen LogP contribution >= 0.6 is 0 Å². The summed E-state index contributed by atoms with van der Waals surface area (Å²) in [6.45, 7) is 1.40. The maximum atomic E-state index is 12.7. The van der Waals surface area contributed by atoms with Crippen LogP contribution in [-0.2, 0) is 0 Å². The first-order valence-electron chi connectivity index (χ1n) is 9.14. The van der Waals surface area contributed by atoms with Gasteiger partial charge < -0.3 is 4.90 Å². The lowest BCUT2D eigenvalue weighted by molar-refractivity contribution is 0.0498. The lowest BCUT2D eigenvalue weighted by Gasteiger charge is -2.38. The van der Waals surface area contributed by atoms with Crippen LogP contribution in [0.4, 0.5) is 0 Å². The second kappa shape index (κ2) is 6.09. The highest BCUT2D eigenvalue weighted by Crippen LogP contribution is 2.39. The van der Waals surface area contributed by atoms with Gasteiger partial charge in [-0.2, -0.15) is 0 Å². The van der Waals surface area contributed by atoms with Crippen LogP contribution in [0.1, 0.15) is 40.9 Å². The molecule has 2 aliphatic rings. The average Bonchev–Trinajstić information content (AvgIpc) is 3.40. The molecule has 2 heterocycles. The van der Waals surface area contributed by atoms with Gasteiger partial charge in [0.15, 0.2) is 0 Å². The molecule has 130 valence electrons. The van der Waals surface area contributed by atoms with Gasteiger partial charge in [0.05, 0.1) is 11.7 Å². The fourth-order valence-electron chi connectivity index (χ4n) is 3.44. The van der Waals surface area contributed by atoms with Crippen LogP contribution in [0.25, 0.3) is 11.1 Å². The molecule has 1 aliphatic carbocycles. The van der Waals surface area contributed by atoms with Gasteiger partial charge in [-0.1, -0.05) is 47.7 Å². The van der Waals surface area contributed by atoms with Crippen molar-refractivity contribution in [2.45, 2.75) is 24.8 Å². The lowest BCUT2D eigenvalue weighted by atomic mass is 10.0. The molecule has 0 unspecified atom stereocenters. The van der Waals surface area contributed by atoms with Crippen molar-refractivity contribution in [1.82, 2.24) is 19.9 Å². The zero-order valence-corrected chi connectivity index (χ0v) is 14.5. The van der Waals surface area contributed by atoms with Crippen LogP contribution in [0.5, 0.6) is 0 Å². The third-order valence-corrected chi connectivity index (χ3v) is 5.29. The molecule has 0 atom stereocenters. The minimum absolute atomic E-state index is 0.0865. The molecule has 3 aromatic rings. The molecule has 5 nitrogen and oxygen atoms in total. The number of nitrogens with zero attached hydrogens (tertiary/aromatic N) is 4. The zero-order valence-electron chi connectivity index (χ0n) is 14.5. The van der Waals surface area contributed by atoms with E-state index in [1.807, 2.05) is 52.0 Å². The molecular formula is C21H20N4O. The topological polar surface area (TPSA) is 51.0 Å². The maximum Gasteiger partial charge on any atom is 0.253 e. The number of amides is 1. The summed E-state index contributed by atoms with van der Waals surface area (Å²) < 4.78 is 1.93. The number of carbonyl (C=O) groups excluding carboxylic acids is 1. The molecule has 1 amide bonds. The third kappa shape index (κ3) is 2.79. The summed E-state index contributed by atoms with van der Waals surface area (Å²) in [5, 5.41) is 8.50. The molecule has 1 saturated heterocycles. The zero-order chi connectivity index (χ0) is 17.5. The Morgan fingerprint density at radius 1 is 0.923 bits per heavy atom. The molecule has 0 radical (unpaired) electrons. The van der Waals surface area contributed by atoms with E-state index in [-0.39, 0.29) is 11.9 Å². The van der Waals surface area contributed by atoms with Gasteiger partial charge >= 0.3 is 0 Å². The Balaban J connectivity index is 1.23. The van der Waals surface area contributed by atoms with Gasteiger partial charge in [0.1, 0.15) is 0 Å². The van der Waals surface area contributed by atoms with Crippen molar-refractivity contribution in [3.63, 3.8) is 0 Å². The maximum absolute atomic E-state index is 12.7. The summed E-state index contributed by atoms with van der Waals surface area (Å²) in [5.41, 5.74) is 4.12. The lowest BCUT2D eigenvalue weighted by Crippen LogP contribution is -2.50. The van der Waals surface area contributed by atoms with Crippen molar-refractivity contribution < 1.29 is 4.79 Å². The second-order valence-electron chi connectivity index (χ2n) is 7.21. The van der Waals surface area contributed by atoms with E-state index in [2.05, 4.69) is 28.6 Å². The van der Waals surface area contributed by atoms with Crippen molar-refractivity contribution in [2.75, 3.05) is 13.1 Å². The molecule has 2 fully saturated rings. The Morgan fingerprint density at radius 2 is 1.62 bits per heavy atom. The van der Waals surface area contributed by atoms with E-state index in [0.717, 1.165) is 22.4 Å². The van der Waals surface area contributed by atoms with E-state index >= 15 is 0 Å². The van der Waals surface area contributed by atoms with E-state index in [9.17, 15) is 4.79 Å². The van der Waals surface area contributed by atoms with Crippen molar-refractivity contribution in [3.8, 4) is 11.1 Å². The molecule has 5 heteroatoms. The van der Waals surface area contributed by atoms with Crippen molar-refractivity contribution in [2.24, 2.45) is 0 Å². The number of likely N-dealkylation sites (tertiary alicyclic amines) is 1. The van der Waals surface area contributed by atoms with Gasteiger partial charge in [-0.15, -0.1) is 5.10 Å². The van der Waals surface area contributed by atoms with E-state index < -0.39 is 0 Å². The quantitative estimate of drug-likeness (QED) is 0.728. The molecule has 0 bridgehead atoms. The molecule has 1 saturated carbocycles. The Hall–Kier alpha value is -2.95. The number of aromatic nitrogens is 3. The predicted molar refractivity (Wildman–Crippen MR) is 98.8 cm³/mol. The fourth-order valence-corrected chi connectivity index (χ4v) is 3.44. The molecule has 1 aliphatic heterocycles. The van der Waals surface area contributed by atoms with E-state index in [1.165, 1.54) is 12.8 Å². The molecule has 0 spiro atoms. The summed E-state index contributed by atoms with van der Waals surface area (Å²) in [6, 6.07) is 18.3. The predicted octanol–water partition coefficient (Wildman–Crippen LogP) is 3.52. The Morgan fingerprint density at radius 3 is 2.31 bits per heavy atom. The summed E-state index contributed by atoms with van der Waals surface area (Å²) in [4.78, 5) is 14.5. The first kappa shape index (κ1) is 15.3. The molecule has 2 aromatic carbocycles. The Labute approximate surface area is 152 Å². The number of rotatable bonds is 4. The highest BCUT2D eigenvalue weighted by Gasteiger charge is 2.34. The Kier molecular flexibility index (Phi) is 3.59. The van der Waals surface area contributed by atoms with Crippen molar-refractivity contribution in [1.29, 1.82) is 0 Å². The third-order valence-electron chi connectivity index (χ3n) is 5.29. The van der Waals surface area contributed by atoms with Gasteiger partial charge in [0, 0.05) is 30.8 Å². The molecular weight excluding hydrogens is 324 g/mol. The summed E-state index contributed by atoms with van der Waals surface area (Å²) >= 11 is 0. The summed E-state index contributed by atoms with van der Waals surface area (Å²) in [6.07, 6.45) is 4.51. The normalized spacial score (nSPS) is 17.2. The smallest absolute Gasteiger partial charge is 0.253 e. The number of carbonyl (C=O) groups is 1. The second-order valence-corrected chi connectivity index (χ2v) is 7.21. The highest BCUT2D eigenvalue weighted by molar-refractivity contribution is 5.95.